The number of nitrogen functional groups attached to an aromatic ring is 1. The van der Waals surface area contributed by atoms with Gasteiger partial charge in [0.1, 0.15) is 6.67 Å². The van der Waals surface area contributed by atoms with E-state index >= 15 is 0 Å². The van der Waals surface area contributed by atoms with E-state index in [4.69, 9.17) is 25.7 Å². The van der Waals surface area contributed by atoms with E-state index in [1.165, 1.54) is 0 Å². The maximum Gasteiger partial charge on any atom is 0.233 e. The Balaban J connectivity index is 1.56. The number of carbonyl (C=O) groups is 1. The van der Waals surface area contributed by atoms with Crippen LogP contribution in [0.4, 0.5) is 10.1 Å². The lowest BCUT2D eigenvalue weighted by Gasteiger charge is -2.09. The van der Waals surface area contributed by atoms with E-state index in [2.05, 4.69) is 0 Å². The zero-order chi connectivity index (χ0) is 20.6. The zero-order valence-corrected chi connectivity index (χ0v) is 16.4. The lowest BCUT2D eigenvalue weighted by molar-refractivity contribution is 0.0118. The molecule has 1 unspecified atom stereocenters. The van der Waals surface area contributed by atoms with E-state index in [0.717, 1.165) is 21.5 Å². The van der Waals surface area contributed by atoms with Crippen molar-refractivity contribution in [3.8, 4) is 0 Å². The summed E-state index contributed by atoms with van der Waals surface area (Å²) < 4.78 is 29.4. The molecule has 0 radical (unpaired) electrons. The number of anilines is 1. The van der Waals surface area contributed by atoms with Gasteiger partial charge in [-0.15, -0.1) is 0 Å². The molecular formula is C21H28FN3O4. The molecule has 0 spiro atoms. The summed E-state index contributed by atoms with van der Waals surface area (Å²) in [5.41, 5.74) is 13.5. The topological polar surface area (TPSA) is 102 Å². The number of aromatic nitrogens is 1. The number of halogens is 1. The summed E-state index contributed by atoms with van der Waals surface area (Å²) in [5.74, 6) is -0.0401. The van der Waals surface area contributed by atoms with Crippen LogP contribution in [0.2, 0.25) is 0 Å². The van der Waals surface area contributed by atoms with E-state index < -0.39 is 6.67 Å². The summed E-state index contributed by atoms with van der Waals surface area (Å²) in [6.07, 6.45) is 4.94. The zero-order valence-electron chi connectivity index (χ0n) is 16.4. The molecule has 1 heterocycles. The number of fused-ring (bicyclic) bond motifs is 3. The van der Waals surface area contributed by atoms with Gasteiger partial charge in [0, 0.05) is 22.3 Å². The third kappa shape index (κ3) is 5.42. The molecule has 0 aliphatic heterocycles. The molecule has 3 rings (SSSR count). The van der Waals surface area contributed by atoms with Crippen LogP contribution in [0.3, 0.4) is 0 Å². The normalized spacial score (nSPS) is 15.7. The standard InChI is InChI=1S/C21H28FN3O4/c22-6-8-28-10-12-29-11-9-27-7-5-21(26)25-19-3-1-15(23)13-17(19)18-14-16(24)2-4-20(18)25/h1,3-4,13-14,16H,2,5-12,23-24H2. The molecule has 29 heavy (non-hydrogen) atoms. The number of hydrogen-bond donors (Lipinski definition) is 2. The molecule has 4 N–H and O–H groups in total. The SMILES string of the molecule is Nc1ccc2c(c1)c1c(n2C(=O)CCOCCOCCOCCF)=CCC(N)C=1. The fraction of sp³-hybridized carbons (Fsp3) is 0.476. The van der Waals surface area contributed by atoms with Gasteiger partial charge >= 0.3 is 0 Å². The van der Waals surface area contributed by atoms with E-state index in [1.807, 2.05) is 24.3 Å². The fourth-order valence-electron chi connectivity index (χ4n) is 3.40. The monoisotopic (exact) mass is 405 g/mol. The number of alkyl halides is 1. The Morgan fingerprint density at radius 2 is 1.79 bits per heavy atom. The molecule has 1 aromatic heterocycles. The molecule has 0 saturated heterocycles. The van der Waals surface area contributed by atoms with Gasteiger partial charge in [0.05, 0.1) is 56.9 Å². The molecule has 0 amide bonds. The molecule has 7 nitrogen and oxygen atoms in total. The second-order valence-corrected chi connectivity index (χ2v) is 6.85. The van der Waals surface area contributed by atoms with Gasteiger partial charge in [-0.05, 0) is 24.6 Å². The number of hydrogen-bond acceptors (Lipinski definition) is 6. The van der Waals surface area contributed by atoms with Gasteiger partial charge in [-0.25, -0.2) is 4.39 Å². The molecule has 1 aliphatic carbocycles. The Hall–Kier alpha value is -2.26. The Labute approximate surface area is 168 Å². The highest BCUT2D eigenvalue weighted by Gasteiger charge is 2.16. The minimum absolute atomic E-state index is 0.0401. The maximum atomic E-state index is 12.9. The van der Waals surface area contributed by atoms with Crippen LogP contribution in [0, 0.1) is 0 Å². The van der Waals surface area contributed by atoms with Crippen LogP contribution in [0.5, 0.6) is 0 Å². The van der Waals surface area contributed by atoms with E-state index in [1.54, 1.807) is 10.6 Å². The van der Waals surface area contributed by atoms with E-state index in [9.17, 15) is 9.18 Å². The summed E-state index contributed by atoms with van der Waals surface area (Å²) in [6.45, 7) is 1.42. The molecular weight excluding hydrogens is 377 g/mol. The number of carbonyl (C=O) groups excluding carboxylic acids is 1. The minimum atomic E-state index is -0.493. The number of nitrogens with zero attached hydrogens (tertiary/aromatic N) is 1. The van der Waals surface area contributed by atoms with Crippen molar-refractivity contribution in [1.82, 2.24) is 4.57 Å². The van der Waals surface area contributed by atoms with Crippen LogP contribution in [-0.4, -0.2) is 62.8 Å². The summed E-state index contributed by atoms with van der Waals surface area (Å²) in [4.78, 5) is 12.9. The number of nitrogens with two attached hydrogens (primary N) is 2. The van der Waals surface area contributed by atoms with Crippen LogP contribution < -0.4 is 22.0 Å². The lowest BCUT2D eigenvalue weighted by Crippen LogP contribution is -2.38. The van der Waals surface area contributed by atoms with Gasteiger partial charge in [-0.1, -0.05) is 12.2 Å². The Morgan fingerprint density at radius 1 is 1.10 bits per heavy atom. The molecule has 0 saturated carbocycles. The van der Waals surface area contributed by atoms with Crippen molar-refractivity contribution in [2.45, 2.75) is 18.9 Å². The average molecular weight is 405 g/mol. The summed E-state index contributed by atoms with van der Waals surface area (Å²) >= 11 is 0. The largest absolute Gasteiger partial charge is 0.399 e. The Bertz CT molecular complexity index is 957. The quantitative estimate of drug-likeness (QED) is 0.419. The van der Waals surface area contributed by atoms with Gasteiger partial charge in [-0.2, -0.15) is 0 Å². The van der Waals surface area contributed by atoms with E-state index in [-0.39, 0.29) is 25.0 Å². The van der Waals surface area contributed by atoms with Gasteiger partial charge in [-0.3, -0.25) is 9.36 Å². The number of rotatable bonds is 11. The highest BCUT2D eigenvalue weighted by atomic mass is 19.1. The summed E-state index contributed by atoms with van der Waals surface area (Å²) in [5, 5.41) is 2.77. The molecule has 1 atom stereocenters. The van der Waals surface area contributed by atoms with Gasteiger partial charge < -0.3 is 25.7 Å². The smallest absolute Gasteiger partial charge is 0.233 e. The number of ether oxygens (including phenoxy) is 3. The van der Waals surface area contributed by atoms with Crippen LogP contribution in [0.25, 0.3) is 23.1 Å². The summed E-state index contributed by atoms with van der Waals surface area (Å²) in [6, 6.07) is 5.48. The lowest BCUT2D eigenvalue weighted by atomic mass is 10.1. The molecule has 8 heteroatoms. The van der Waals surface area contributed by atoms with Gasteiger partial charge in [0.2, 0.25) is 5.91 Å². The number of benzene rings is 1. The first kappa shape index (κ1) is 21.4. The predicted octanol–water partition coefficient (Wildman–Crippen LogP) is 0.565. The highest BCUT2D eigenvalue weighted by Crippen LogP contribution is 2.15. The van der Waals surface area contributed by atoms with Gasteiger partial charge in [0.15, 0.2) is 0 Å². The summed E-state index contributed by atoms with van der Waals surface area (Å²) in [7, 11) is 0. The Morgan fingerprint density at radius 3 is 2.52 bits per heavy atom. The van der Waals surface area contributed by atoms with Crippen LogP contribution in [0.1, 0.15) is 17.6 Å². The van der Waals surface area contributed by atoms with Gasteiger partial charge in [0.25, 0.3) is 0 Å². The third-order valence-electron chi connectivity index (χ3n) is 4.71. The van der Waals surface area contributed by atoms with Crippen molar-refractivity contribution in [2.24, 2.45) is 5.73 Å². The molecule has 2 aromatic rings. The van der Waals surface area contributed by atoms with Crippen molar-refractivity contribution in [2.75, 3.05) is 52.0 Å². The Kier molecular flexibility index (Phi) is 7.76. The third-order valence-corrected chi connectivity index (χ3v) is 4.71. The van der Waals surface area contributed by atoms with Crippen molar-refractivity contribution in [3.05, 3.63) is 28.8 Å². The average Bonchev–Trinajstić information content (AvgIpc) is 3.02. The van der Waals surface area contributed by atoms with Crippen molar-refractivity contribution in [3.63, 3.8) is 0 Å². The molecule has 0 bridgehead atoms. The van der Waals surface area contributed by atoms with E-state index in [0.29, 0.717) is 45.1 Å². The van der Waals surface area contributed by atoms with Crippen molar-refractivity contribution >= 4 is 34.6 Å². The maximum absolute atomic E-state index is 12.9. The molecule has 1 aromatic carbocycles. The van der Waals surface area contributed by atoms with Crippen LogP contribution >= 0.6 is 0 Å². The fourth-order valence-corrected chi connectivity index (χ4v) is 3.40. The second kappa shape index (κ2) is 10.5. The molecule has 1 aliphatic rings. The molecule has 158 valence electrons. The van der Waals surface area contributed by atoms with Crippen LogP contribution in [0.15, 0.2) is 18.2 Å². The highest BCUT2D eigenvalue weighted by molar-refractivity contribution is 5.95. The van der Waals surface area contributed by atoms with Crippen molar-refractivity contribution in [1.29, 1.82) is 0 Å². The second-order valence-electron chi connectivity index (χ2n) is 6.85. The van der Waals surface area contributed by atoms with Crippen LogP contribution in [-0.2, 0) is 14.2 Å². The first-order valence-electron chi connectivity index (χ1n) is 9.82. The molecule has 0 fully saturated rings. The first-order chi connectivity index (χ1) is 14.1. The minimum Gasteiger partial charge on any atom is -0.399 e. The predicted molar refractivity (Wildman–Crippen MR) is 111 cm³/mol. The first-order valence-corrected chi connectivity index (χ1v) is 9.82. The van der Waals surface area contributed by atoms with Crippen molar-refractivity contribution < 1.29 is 23.4 Å².